The van der Waals surface area contributed by atoms with Crippen LogP contribution in [0.5, 0.6) is 0 Å². The summed E-state index contributed by atoms with van der Waals surface area (Å²) in [6, 6.07) is 15.4. The molecule has 0 aromatic heterocycles. The molecule has 0 aliphatic rings. The molecule has 2 rings (SSSR count). The zero-order valence-corrected chi connectivity index (χ0v) is 12.5. The Morgan fingerprint density at radius 1 is 1.14 bits per heavy atom. The van der Waals surface area contributed by atoms with Crippen molar-refractivity contribution in [1.29, 1.82) is 0 Å². The fourth-order valence-corrected chi connectivity index (χ4v) is 2.21. The molecule has 21 heavy (non-hydrogen) atoms. The van der Waals surface area contributed by atoms with E-state index in [2.05, 4.69) is 24.4 Å². The molecule has 1 unspecified atom stereocenters. The van der Waals surface area contributed by atoms with E-state index in [1.54, 1.807) is 6.92 Å². The minimum atomic E-state index is -0.490. The second kappa shape index (κ2) is 7.04. The molecule has 0 heterocycles. The summed E-state index contributed by atoms with van der Waals surface area (Å²) < 4.78 is 0. The van der Waals surface area contributed by atoms with Crippen molar-refractivity contribution in [3.05, 3.63) is 65.2 Å². The summed E-state index contributed by atoms with van der Waals surface area (Å²) in [6.45, 7) is 3.78. The van der Waals surface area contributed by atoms with Crippen LogP contribution in [-0.2, 0) is 11.2 Å². The lowest BCUT2D eigenvalue weighted by atomic mass is 10.0. The number of aliphatic hydroxyl groups is 1. The Labute approximate surface area is 125 Å². The molecule has 0 aliphatic carbocycles. The number of carbonyl (C=O) groups excluding carboxylic acids is 1. The normalized spacial score (nSPS) is 12.0. The van der Waals surface area contributed by atoms with E-state index in [9.17, 15) is 9.90 Å². The maximum atomic E-state index is 12.0. The van der Waals surface area contributed by atoms with Crippen molar-refractivity contribution in [3.63, 3.8) is 0 Å². The van der Waals surface area contributed by atoms with E-state index >= 15 is 0 Å². The predicted molar refractivity (Wildman–Crippen MR) is 85.2 cm³/mol. The molecule has 2 aromatic carbocycles. The highest BCUT2D eigenvalue weighted by atomic mass is 16.3. The van der Waals surface area contributed by atoms with Crippen molar-refractivity contribution in [2.24, 2.45) is 0 Å². The number of nitrogens with one attached hydrogen (secondary N) is 1. The van der Waals surface area contributed by atoms with Crippen LogP contribution in [0, 0.1) is 6.92 Å². The van der Waals surface area contributed by atoms with Crippen LogP contribution in [0.3, 0.4) is 0 Å². The Hall–Kier alpha value is -2.13. The summed E-state index contributed by atoms with van der Waals surface area (Å²) in [4.78, 5) is 12.0. The first-order valence-electron chi connectivity index (χ1n) is 7.18. The first-order chi connectivity index (χ1) is 10.1. The van der Waals surface area contributed by atoms with Crippen LogP contribution in [0.2, 0.25) is 0 Å². The molecule has 3 heteroatoms. The summed E-state index contributed by atoms with van der Waals surface area (Å²) in [5.41, 5.74) is 4.02. The van der Waals surface area contributed by atoms with E-state index in [0.29, 0.717) is 6.42 Å². The number of hydrogen-bond donors (Lipinski definition) is 2. The standard InChI is InChI=1S/C18H21NO2/c1-13-5-3-4-6-15(13)9-12-18(21)19-17-10-7-16(8-11-17)14(2)20/h3-8,10-11,14,20H,9,12H2,1-2H3,(H,19,21). The van der Waals surface area contributed by atoms with Gasteiger partial charge in [-0.3, -0.25) is 4.79 Å². The van der Waals surface area contributed by atoms with Gasteiger partial charge in [-0.2, -0.15) is 0 Å². The molecular formula is C18H21NO2. The minimum absolute atomic E-state index is 0.00282. The summed E-state index contributed by atoms with van der Waals surface area (Å²) in [6.07, 6.45) is 0.712. The number of aryl methyl sites for hydroxylation is 2. The van der Waals surface area contributed by atoms with Gasteiger partial charge < -0.3 is 10.4 Å². The number of rotatable bonds is 5. The molecule has 2 N–H and O–H groups in total. The van der Waals surface area contributed by atoms with Crippen molar-refractivity contribution >= 4 is 11.6 Å². The molecule has 3 nitrogen and oxygen atoms in total. The Morgan fingerprint density at radius 3 is 2.43 bits per heavy atom. The molecule has 0 fully saturated rings. The van der Waals surface area contributed by atoms with E-state index in [4.69, 9.17) is 0 Å². The quantitative estimate of drug-likeness (QED) is 0.880. The van der Waals surface area contributed by atoms with Gasteiger partial charge in [0.2, 0.25) is 5.91 Å². The monoisotopic (exact) mass is 283 g/mol. The largest absolute Gasteiger partial charge is 0.389 e. The maximum Gasteiger partial charge on any atom is 0.224 e. The summed E-state index contributed by atoms with van der Waals surface area (Å²) >= 11 is 0. The Kier molecular flexibility index (Phi) is 5.12. The first-order valence-corrected chi connectivity index (χ1v) is 7.18. The molecule has 110 valence electrons. The highest BCUT2D eigenvalue weighted by Crippen LogP contribution is 2.16. The minimum Gasteiger partial charge on any atom is -0.389 e. The van der Waals surface area contributed by atoms with E-state index in [1.165, 1.54) is 11.1 Å². The summed E-state index contributed by atoms with van der Waals surface area (Å²) in [5, 5.41) is 12.3. The smallest absolute Gasteiger partial charge is 0.224 e. The van der Waals surface area contributed by atoms with Crippen molar-refractivity contribution < 1.29 is 9.90 Å². The number of benzene rings is 2. The van der Waals surface area contributed by atoms with Crippen molar-refractivity contribution in [1.82, 2.24) is 0 Å². The number of carbonyl (C=O) groups is 1. The molecular weight excluding hydrogens is 262 g/mol. The molecule has 0 radical (unpaired) electrons. The van der Waals surface area contributed by atoms with Gasteiger partial charge in [0.05, 0.1) is 6.10 Å². The van der Waals surface area contributed by atoms with E-state index < -0.39 is 6.10 Å². The topological polar surface area (TPSA) is 49.3 Å². The first kappa shape index (κ1) is 15.3. The predicted octanol–water partition coefficient (Wildman–Crippen LogP) is 3.62. The Morgan fingerprint density at radius 2 is 1.81 bits per heavy atom. The maximum absolute atomic E-state index is 12.0. The van der Waals surface area contributed by atoms with Gasteiger partial charge in [-0.1, -0.05) is 36.4 Å². The van der Waals surface area contributed by atoms with Crippen LogP contribution in [0.1, 0.15) is 36.1 Å². The molecule has 2 aromatic rings. The van der Waals surface area contributed by atoms with Crippen LogP contribution >= 0.6 is 0 Å². The second-order valence-corrected chi connectivity index (χ2v) is 5.27. The molecule has 1 atom stereocenters. The average molecular weight is 283 g/mol. The van der Waals surface area contributed by atoms with Crippen LogP contribution in [0.15, 0.2) is 48.5 Å². The highest BCUT2D eigenvalue weighted by molar-refractivity contribution is 5.90. The zero-order valence-electron chi connectivity index (χ0n) is 12.5. The number of aliphatic hydroxyl groups excluding tert-OH is 1. The van der Waals surface area contributed by atoms with Gasteiger partial charge in [-0.05, 0) is 49.1 Å². The van der Waals surface area contributed by atoms with Crippen molar-refractivity contribution in [3.8, 4) is 0 Å². The Bertz CT molecular complexity index is 603. The SMILES string of the molecule is Cc1ccccc1CCC(=O)Nc1ccc(C(C)O)cc1. The second-order valence-electron chi connectivity index (χ2n) is 5.27. The highest BCUT2D eigenvalue weighted by Gasteiger charge is 2.05. The molecule has 0 aliphatic heterocycles. The van der Waals surface area contributed by atoms with Gasteiger partial charge in [0.15, 0.2) is 0 Å². The molecule has 0 saturated carbocycles. The van der Waals surface area contributed by atoms with Gasteiger partial charge in [0.25, 0.3) is 0 Å². The fraction of sp³-hybridized carbons (Fsp3) is 0.278. The third-order valence-corrected chi connectivity index (χ3v) is 3.56. The molecule has 0 spiro atoms. The Balaban J connectivity index is 1.88. The third-order valence-electron chi connectivity index (χ3n) is 3.56. The van der Waals surface area contributed by atoms with Crippen LogP contribution in [0.4, 0.5) is 5.69 Å². The van der Waals surface area contributed by atoms with Gasteiger partial charge in [0.1, 0.15) is 0 Å². The summed E-state index contributed by atoms with van der Waals surface area (Å²) in [5.74, 6) is 0.00282. The van der Waals surface area contributed by atoms with E-state index in [-0.39, 0.29) is 5.91 Å². The number of amides is 1. The van der Waals surface area contributed by atoms with Gasteiger partial charge >= 0.3 is 0 Å². The lowest BCUT2D eigenvalue weighted by Gasteiger charge is -2.09. The molecule has 0 bridgehead atoms. The van der Waals surface area contributed by atoms with Gasteiger partial charge in [-0.25, -0.2) is 0 Å². The number of anilines is 1. The molecule has 1 amide bonds. The van der Waals surface area contributed by atoms with Crippen molar-refractivity contribution in [2.75, 3.05) is 5.32 Å². The summed E-state index contributed by atoms with van der Waals surface area (Å²) in [7, 11) is 0. The lowest BCUT2D eigenvalue weighted by molar-refractivity contribution is -0.116. The van der Waals surface area contributed by atoms with Gasteiger partial charge in [-0.15, -0.1) is 0 Å². The van der Waals surface area contributed by atoms with E-state index in [1.807, 2.05) is 36.4 Å². The average Bonchev–Trinajstić information content (AvgIpc) is 2.47. The number of hydrogen-bond acceptors (Lipinski definition) is 2. The lowest BCUT2D eigenvalue weighted by Crippen LogP contribution is -2.12. The van der Waals surface area contributed by atoms with Gasteiger partial charge in [0, 0.05) is 12.1 Å². The zero-order chi connectivity index (χ0) is 15.2. The van der Waals surface area contributed by atoms with Crippen LogP contribution in [-0.4, -0.2) is 11.0 Å². The third kappa shape index (κ3) is 4.43. The van der Waals surface area contributed by atoms with Crippen LogP contribution in [0.25, 0.3) is 0 Å². The van der Waals surface area contributed by atoms with Crippen LogP contribution < -0.4 is 5.32 Å². The molecule has 0 saturated heterocycles. The van der Waals surface area contributed by atoms with Crippen molar-refractivity contribution in [2.45, 2.75) is 32.8 Å². The fourth-order valence-electron chi connectivity index (χ4n) is 2.21. The van der Waals surface area contributed by atoms with E-state index in [0.717, 1.165) is 17.7 Å².